The average Bonchev–Trinajstić information content (AvgIpc) is 3.20. The van der Waals surface area contributed by atoms with Crippen LogP contribution in [-0.2, 0) is 17.8 Å². The van der Waals surface area contributed by atoms with Gasteiger partial charge >= 0.3 is 0 Å². The number of hydrogen-bond acceptors (Lipinski definition) is 6. The van der Waals surface area contributed by atoms with Gasteiger partial charge in [-0.25, -0.2) is 9.97 Å². The highest BCUT2D eigenvalue weighted by atomic mass is 35.5. The summed E-state index contributed by atoms with van der Waals surface area (Å²) in [5.74, 6) is 0.623. The van der Waals surface area contributed by atoms with Crippen LogP contribution >= 0.6 is 34.3 Å². The third kappa shape index (κ3) is 4.75. The van der Waals surface area contributed by atoms with Crippen molar-refractivity contribution in [3.63, 3.8) is 0 Å². The van der Waals surface area contributed by atoms with E-state index >= 15 is 0 Å². The number of halogens is 1. The Hall–Kier alpha value is -1.96. The molecule has 3 rings (SSSR count). The van der Waals surface area contributed by atoms with Gasteiger partial charge in [0, 0.05) is 16.5 Å². The SMILES string of the molecule is O=C(Cc1csc(Nc2ccc(Cl)cn2)n1)NCc1cccs1. The summed E-state index contributed by atoms with van der Waals surface area (Å²) in [6, 6.07) is 7.49. The molecule has 0 spiro atoms. The molecule has 3 aromatic heterocycles. The van der Waals surface area contributed by atoms with Crippen LogP contribution in [0.5, 0.6) is 0 Å². The van der Waals surface area contributed by atoms with Crippen LogP contribution in [0.15, 0.2) is 41.2 Å². The smallest absolute Gasteiger partial charge is 0.226 e. The van der Waals surface area contributed by atoms with Crippen LogP contribution in [0.2, 0.25) is 5.02 Å². The lowest BCUT2D eigenvalue weighted by Gasteiger charge is -2.02. The number of carbonyl (C=O) groups is 1. The monoisotopic (exact) mass is 364 g/mol. The van der Waals surface area contributed by atoms with Crippen LogP contribution in [0.25, 0.3) is 0 Å². The largest absolute Gasteiger partial charge is 0.351 e. The molecule has 0 aliphatic carbocycles. The van der Waals surface area contributed by atoms with E-state index in [0.29, 0.717) is 22.5 Å². The summed E-state index contributed by atoms with van der Waals surface area (Å²) in [6.07, 6.45) is 1.83. The van der Waals surface area contributed by atoms with Gasteiger partial charge in [0.15, 0.2) is 5.13 Å². The fraction of sp³-hybridized carbons (Fsp3) is 0.133. The fourth-order valence-electron chi connectivity index (χ4n) is 1.83. The summed E-state index contributed by atoms with van der Waals surface area (Å²) < 4.78 is 0. The molecule has 5 nitrogen and oxygen atoms in total. The Kier molecular flexibility index (Phi) is 5.22. The summed E-state index contributed by atoms with van der Waals surface area (Å²) in [5, 5.41) is 11.1. The second-order valence-electron chi connectivity index (χ2n) is 4.66. The minimum absolute atomic E-state index is 0.0418. The molecule has 0 fully saturated rings. The highest BCUT2D eigenvalue weighted by Gasteiger charge is 2.08. The zero-order valence-corrected chi connectivity index (χ0v) is 14.3. The van der Waals surface area contributed by atoms with Crippen molar-refractivity contribution in [2.24, 2.45) is 0 Å². The maximum atomic E-state index is 11.9. The van der Waals surface area contributed by atoms with Gasteiger partial charge < -0.3 is 10.6 Å². The number of nitrogens with one attached hydrogen (secondary N) is 2. The van der Waals surface area contributed by atoms with E-state index in [9.17, 15) is 4.79 Å². The van der Waals surface area contributed by atoms with Gasteiger partial charge in [0.2, 0.25) is 5.91 Å². The van der Waals surface area contributed by atoms with E-state index < -0.39 is 0 Å². The Morgan fingerprint density at radius 3 is 2.91 bits per heavy atom. The summed E-state index contributed by atoms with van der Waals surface area (Å²) in [6.45, 7) is 0.556. The summed E-state index contributed by atoms with van der Waals surface area (Å²) in [5.41, 5.74) is 0.732. The van der Waals surface area contributed by atoms with Gasteiger partial charge in [-0.15, -0.1) is 22.7 Å². The molecule has 0 aliphatic rings. The number of aromatic nitrogens is 2. The van der Waals surface area contributed by atoms with Crippen molar-refractivity contribution in [1.29, 1.82) is 0 Å². The molecular weight excluding hydrogens is 352 g/mol. The molecule has 118 valence electrons. The summed E-state index contributed by atoms with van der Waals surface area (Å²) in [7, 11) is 0. The molecule has 0 saturated carbocycles. The van der Waals surface area contributed by atoms with Crippen LogP contribution < -0.4 is 10.6 Å². The van der Waals surface area contributed by atoms with Crippen LogP contribution in [0.4, 0.5) is 10.9 Å². The van der Waals surface area contributed by atoms with Gasteiger partial charge in [0.1, 0.15) is 5.82 Å². The molecule has 3 heterocycles. The summed E-state index contributed by atoms with van der Waals surface area (Å²) in [4.78, 5) is 21.6. The van der Waals surface area contributed by atoms with E-state index in [-0.39, 0.29) is 12.3 Å². The van der Waals surface area contributed by atoms with Gasteiger partial charge in [-0.1, -0.05) is 17.7 Å². The van der Waals surface area contributed by atoms with E-state index in [0.717, 1.165) is 10.6 Å². The minimum Gasteiger partial charge on any atom is -0.351 e. The molecule has 1 amide bonds. The number of nitrogens with zero attached hydrogens (tertiary/aromatic N) is 2. The standard InChI is InChI=1S/C15H13ClN4OS2/c16-10-3-4-13(17-7-10)20-15-19-11(9-23-15)6-14(21)18-8-12-2-1-5-22-12/h1-5,7,9H,6,8H2,(H,18,21)(H,17,19,20). The molecule has 2 N–H and O–H groups in total. The molecule has 0 radical (unpaired) electrons. The highest BCUT2D eigenvalue weighted by Crippen LogP contribution is 2.20. The van der Waals surface area contributed by atoms with Gasteiger partial charge in [0.05, 0.1) is 23.7 Å². The van der Waals surface area contributed by atoms with Gasteiger partial charge in [0.25, 0.3) is 0 Å². The topological polar surface area (TPSA) is 66.9 Å². The molecule has 3 aromatic rings. The van der Waals surface area contributed by atoms with Crippen molar-refractivity contribution in [3.8, 4) is 0 Å². The predicted octanol–water partition coefficient (Wildman–Crippen LogP) is 3.86. The first-order valence-electron chi connectivity index (χ1n) is 6.81. The molecule has 0 saturated heterocycles. The highest BCUT2D eigenvalue weighted by molar-refractivity contribution is 7.13. The van der Waals surface area contributed by atoms with E-state index in [4.69, 9.17) is 11.6 Å². The molecule has 8 heteroatoms. The number of thiazole rings is 1. The molecule has 23 heavy (non-hydrogen) atoms. The van der Waals surface area contributed by atoms with Crippen molar-refractivity contribution >= 4 is 51.1 Å². The predicted molar refractivity (Wildman–Crippen MR) is 94.5 cm³/mol. The maximum Gasteiger partial charge on any atom is 0.226 e. The second-order valence-corrected chi connectivity index (χ2v) is 6.99. The first kappa shape index (κ1) is 15.9. The quantitative estimate of drug-likeness (QED) is 0.697. The van der Waals surface area contributed by atoms with E-state index in [2.05, 4.69) is 20.6 Å². The van der Waals surface area contributed by atoms with Crippen molar-refractivity contribution in [1.82, 2.24) is 15.3 Å². The third-order valence-corrected chi connectivity index (χ3v) is 4.80. The zero-order chi connectivity index (χ0) is 16.1. The molecule has 0 aromatic carbocycles. The first-order valence-corrected chi connectivity index (χ1v) is 8.95. The number of hydrogen-bond donors (Lipinski definition) is 2. The third-order valence-electron chi connectivity index (χ3n) is 2.90. The van der Waals surface area contributed by atoms with Crippen LogP contribution in [0.1, 0.15) is 10.6 Å². The lowest BCUT2D eigenvalue weighted by atomic mass is 10.3. The molecule has 0 bridgehead atoms. The van der Waals surface area contributed by atoms with E-state index in [1.54, 1.807) is 29.7 Å². The number of amides is 1. The number of rotatable bonds is 6. The van der Waals surface area contributed by atoms with Crippen molar-refractivity contribution in [2.45, 2.75) is 13.0 Å². The Morgan fingerprint density at radius 2 is 2.17 bits per heavy atom. The van der Waals surface area contributed by atoms with Gasteiger partial charge in [-0.05, 0) is 23.6 Å². The normalized spacial score (nSPS) is 10.5. The van der Waals surface area contributed by atoms with E-state index in [1.807, 2.05) is 22.9 Å². The van der Waals surface area contributed by atoms with Gasteiger partial charge in [-0.3, -0.25) is 4.79 Å². The van der Waals surface area contributed by atoms with Crippen LogP contribution in [0, 0.1) is 0 Å². The van der Waals surface area contributed by atoms with Crippen LogP contribution in [-0.4, -0.2) is 15.9 Å². The van der Waals surface area contributed by atoms with Crippen molar-refractivity contribution < 1.29 is 4.79 Å². The van der Waals surface area contributed by atoms with Crippen LogP contribution in [0.3, 0.4) is 0 Å². The van der Waals surface area contributed by atoms with Crippen molar-refractivity contribution in [3.05, 3.63) is 56.8 Å². The van der Waals surface area contributed by atoms with E-state index in [1.165, 1.54) is 11.3 Å². The lowest BCUT2D eigenvalue weighted by molar-refractivity contribution is -0.120. The number of pyridine rings is 1. The first-order chi connectivity index (χ1) is 11.2. The minimum atomic E-state index is -0.0418. The zero-order valence-electron chi connectivity index (χ0n) is 12.0. The number of thiophene rings is 1. The van der Waals surface area contributed by atoms with Gasteiger partial charge in [-0.2, -0.15) is 0 Å². The second kappa shape index (κ2) is 7.54. The molecule has 0 aliphatic heterocycles. The average molecular weight is 365 g/mol. The lowest BCUT2D eigenvalue weighted by Crippen LogP contribution is -2.24. The number of carbonyl (C=O) groups excluding carboxylic acids is 1. The Labute approximate surface area is 146 Å². The Morgan fingerprint density at radius 1 is 1.26 bits per heavy atom. The fourth-order valence-corrected chi connectivity index (χ4v) is 3.30. The number of anilines is 2. The summed E-state index contributed by atoms with van der Waals surface area (Å²) >= 11 is 8.85. The molecule has 0 atom stereocenters. The molecule has 0 unspecified atom stereocenters. The maximum absolute atomic E-state index is 11.9. The Balaban J connectivity index is 1.52. The van der Waals surface area contributed by atoms with Crippen molar-refractivity contribution in [2.75, 3.05) is 5.32 Å². The Bertz CT molecular complexity index is 771. The molecular formula is C15H13ClN4OS2.